The number of aliphatic carboxylic acids is 1. The summed E-state index contributed by atoms with van der Waals surface area (Å²) in [4.78, 5) is 65.6. The summed E-state index contributed by atoms with van der Waals surface area (Å²) in [5.74, 6) is -2.47. The zero-order valence-corrected chi connectivity index (χ0v) is 23.2. The van der Waals surface area contributed by atoms with Gasteiger partial charge in [0, 0.05) is 30.5 Å². The minimum absolute atomic E-state index is 0.0278. The number of amides is 3. The number of esters is 1. The Balaban J connectivity index is 1.77. The summed E-state index contributed by atoms with van der Waals surface area (Å²) in [5, 5.41) is 18.9. The number of nitrogens with zero attached hydrogens (tertiary/aromatic N) is 4. The lowest BCUT2D eigenvalue weighted by Gasteiger charge is -2.19. The van der Waals surface area contributed by atoms with Crippen molar-refractivity contribution in [3.8, 4) is 0 Å². The Labute approximate surface area is 235 Å². The highest BCUT2D eigenvalue weighted by Crippen LogP contribution is 2.28. The molecule has 0 spiro atoms. The van der Waals surface area contributed by atoms with E-state index in [-0.39, 0.29) is 24.4 Å². The molecule has 0 radical (unpaired) electrons. The molecular weight excluding hydrogens is 536 g/mol. The number of carbonyl (C=O) groups excluding carboxylic acids is 4. The molecule has 0 aliphatic carbocycles. The van der Waals surface area contributed by atoms with Gasteiger partial charge in [-0.1, -0.05) is 13.0 Å². The molecule has 3 N–H and O–H groups in total. The lowest BCUT2D eigenvalue weighted by Crippen LogP contribution is -2.37. The zero-order chi connectivity index (χ0) is 30.1. The Morgan fingerprint density at radius 3 is 2.51 bits per heavy atom. The van der Waals surface area contributed by atoms with Crippen molar-refractivity contribution in [2.45, 2.75) is 47.0 Å². The van der Waals surface area contributed by atoms with E-state index >= 15 is 0 Å². The van der Waals surface area contributed by atoms with Crippen molar-refractivity contribution in [2.75, 3.05) is 25.2 Å². The molecule has 0 atom stereocenters. The molecule has 14 nitrogen and oxygen atoms in total. The van der Waals surface area contributed by atoms with E-state index < -0.39 is 37.2 Å². The lowest BCUT2D eigenvalue weighted by molar-refractivity contribution is -0.154. The third-order valence-corrected chi connectivity index (χ3v) is 6.07. The molecule has 0 bridgehead atoms. The smallest absolute Gasteiger partial charge is 0.419 e. The fourth-order valence-corrected chi connectivity index (χ4v) is 3.85. The molecule has 3 amide bonds. The van der Waals surface area contributed by atoms with Crippen LogP contribution in [-0.4, -0.2) is 74.3 Å². The Hall–Kier alpha value is -5.01. The predicted molar refractivity (Wildman–Crippen MR) is 146 cm³/mol. The standard InChI is InChI=1S/C27H32N6O8/c1-5-11-28-25(37)19-13-33-23(17(19)4)24(29-14-30-33)31-20-12-18(8-7-16(20)3)26(38)32(6-2)27(39)41-15-40-22(36)10-9-21(34)35/h7-8,12-14H,5-6,9-11,15H2,1-4H3,(H,28,37)(H,34,35)(H,29,30,31). The number of anilines is 2. The average Bonchev–Trinajstić information content (AvgIpc) is 3.29. The van der Waals surface area contributed by atoms with E-state index in [4.69, 9.17) is 14.6 Å². The van der Waals surface area contributed by atoms with Crippen molar-refractivity contribution in [2.24, 2.45) is 0 Å². The Bertz CT molecular complexity index is 1470. The van der Waals surface area contributed by atoms with Gasteiger partial charge in [-0.3, -0.25) is 19.2 Å². The summed E-state index contributed by atoms with van der Waals surface area (Å²) in [7, 11) is 0. The summed E-state index contributed by atoms with van der Waals surface area (Å²) in [6.07, 6.45) is 1.94. The maximum absolute atomic E-state index is 13.2. The first-order valence-electron chi connectivity index (χ1n) is 12.9. The summed E-state index contributed by atoms with van der Waals surface area (Å²) in [5.41, 5.74) is 3.21. The number of aromatic nitrogens is 3. The molecule has 2 heterocycles. The second kappa shape index (κ2) is 13.9. The molecular formula is C27H32N6O8. The molecule has 218 valence electrons. The first-order chi connectivity index (χ1) is 19.6. The summed E-state index contributed by atoms with van der Waals surface area (Å²) in [6.45, 7) is 6.92. The lowest BCUT2D eigenvalue weighted by atomic mass is 10.1. The van der Waals surface area contributed by atoms with Crippen LogP contribution in [0.3, 0.4) is 0 Å². The summed E-state index contributed by atoms with van der Waals surface area (Å²) >= 11 is 0. The molecule has 3 rings (SSSR count). The van der Waals surface area contributed by atoms with E-state index in [2.05, 4.69) is 20.7 Å². The van der Waals surface area contributed by atoms with Crippen molar-refractivity contribution in [3.63, 3.8) is 0 Å². The van der Waals surface area contributed by atoms with Crippen molar-refractivity contribution < 1.29 is 38.6 Å². The van der Waals surface area contributed by atoms with Gasteiger partial charge in [0.15, 0.2) is 5.82 Å². The first kappa shape index (κ1) is 30.5. The number of ether oxygens (including phenoxy) is 2. The third kappa shape index (κ3) is 7.56. The quantitative estimate of drug-likeness (QED) is 0.215. The predicted octanol–water partition coefficient (Wildman–Crippen LogP) is 3.19. The summed E-state index contributed by atoms with van der Waals surface area (Å²) in [6, 6.07) is 4.82. The van der Waals surface area contributed by atoms with Gasteiger partial charge >= 0.3 is 18.0 Å². The number of carboxylic acids is 1. The molecule has 0 aliphatic rings. The van der Waals surface area contributed by atoms with Crippen LogP contribution in [0.25, 0.3) is 5.52 Å². The van der Waals surface area contributed by atoms with Gasteiger partial charge < -0.3 is 25.2 Å². The number of hydrogen-bond donors (Lipinski definition) is 3. The van der Waals surface area contributed by atoms with E-state index in [1.807, 2.05) is 13.8 Å². The molecule has 2 aromatic heterocycles. The SMILES string of the molecule is CCCNC(=O)c1cn2ncnc(Nc3cc(C(=O)N(CC)C(=O)OCOC(=O)CCC(=O)O)ccc3C)c2c1C. The molecule has 41 heavy (non-hydrogen) atoms. The normalized spacial score (nSPS) is 10.6. The van der Waals surface area contributed by atoms with Crippen LogP contribution in [0, 0.1) is 13.8 Å². The first-order valence-corrected chi connectivity index (χ1v) is 12.9. The molecule has 1 aromatic carbocycles. The van der Waals surface area contributed by atoms with Crippen LogP contribution < -0.4 is 10.6 Å². The van der Waals surface area contributed by atoms with Gasteiger partial charge in [0.2, 0.25) is 6.79 Å². The summed E-state index contributed by atoms with van der Waals surface area (Å²) < 4.78 is 11.1. The van der Waals surface area contributed by atoms with Gasteiger partial charge in [-0.2, -0.15) is 5.10 Å². The zero-order valence-electron chi connectivity index (χ0n) is 23.2. The second-order valence-electron chi connectivity index (χ2n) is 8.97. The van der Waals surface area contributed by atoms with Crippen molar-refractivity contribution in [1.29, 1.82) is 0 Å². The Kier molecular flexibility index (Phi) is 10.3. The highest BCUT2D eigenvalue weighted by Gasteiger charge is 2.24. The van der Waals surface area contributed by atoms with Crippen LogP contribution in [0.15, 0.2) is 30.7 Å². The highest BCUT2D eigenvalue weighted by atomic mass is 16.7. The molecule has 0 saturated carbocycles. The van der Waals surface area contributed by atoms with E-state index in [0.29, 0.717) is 34.7 Å². The maximum atomic E-state index is 13.2. The monoisotopic (exact) mass is 568 g/mol. The minimum Gasteiger partial charge on any atom is -0.481 e. The number of rotatable bonds is 12. The van der Waals surface area contributed by atoms with E-state index in [0.717, 1.165) is 16.9 Å². The fourth-order valence-electron chi connectivity index (χ4n) is 3.85. The van der Waals surface area contributed by atoms with Crippen LogP contribution in [0.2, 0.25) is 0 Å². The molecule has 0 fully saturated rings. The van der Waals surface area contributed by atoms with Crippen LogP contribution >= 0.6 is 0 Å². The number of nitrogens with one attached hydrogen (secondary N) is 2. The van der Waals surface area contributed by atoms with E-state index in [1.54, 1.807) is 42.8 Å². The van der Waals surface area contributed by atoms with Crippen molar-refractivity contribution in [1.82, 2.24) is 24.8 Å². The number of hydrogen-bond acceptors (Lipinski definition) is 10. The van der Waals surface area contributed by atoms with Gasteiger partial charge in [-0.15, -0.1) is 0 Å². The number of benzene rings is 1. The van der Waals surface area contributed by atoms with Gasteiger partial charge in [-0.05, 0) is 50.5 Å². The number of imide groups is 1. The number of aryl methyl sites for hydroxylation is 2. The number of carboxylic acid groups (broad SMARTS) is 1. The topological polar surface area (TPSA) is 182 Å². The number of carbonyl (C=O) groups is 5. The van der Waals surface area contributed by atoms with Crippen LogP contribution in [0.5, 0.6) is 0 Å². The largest absolute Gasteiger partial charge is 0.481 e. The second-order valence-corrected chi connectivity index (χ2v) is 8.97. The van der Waals surface area contributed by atoms with Gasteiger partial charge in [0.05, 0.1) is 18.4 Å². The van der Waals surface area contributed by atoms with Crippen molar-refractivity contribution >= 4 is 46.9 Å². The van der Waals surface area contributed by atoms with E-state index in [9.17, 15) is 24.0 Å². The molecule has 0 unspecified atom stereocenters. The Morgan fingerprint density at radius 2 is 1.83 bits per heavy atom. The Morgan fingerprint density at radius 1 is 1.07 bits per heavy atom. The molecule has 3 aromatic rings. The highest BCUT2D eigenvalue weighted by molar-refractivity contribution is 6.04. The fraction of sp³-hybridized carbons (Fsp3) is 0.370. The molecule has 0 saturated heterocycles. The van der Waals surface area contributed by atoms with Gasteiger partial charge in [0.1, 0.15) is 11.8 Å². The average molecular weight is 569 g/mol. The van der Waals surface area contributed by atoms with Crippen LogP contribution in [0.1, 0.15) is 65.0 Å². The molecule has 0 aliphatic heterocycles. The number of fused-ring (bicyclic) bond motifs is 1. The third-order valence-electron chi connectivity index (χ3n) is 6.07. The van der Waals surface area contributed by atoms with Gasteiger partial charge in [0.25, 0.3) is 11.8 Å². The minimum atomic E-state index is -1.17. The van der Waals surface area contributed by atoms with Gasteiger partial charge in [-0.25, -0.2) is 19.2 Å². The molecule has 14 heteroatoms. The van der Waals surface area contributed by atoms with Crippen molar-refractivity contribution in [3.05, 3.63) is 53.0 Å². The van der Waals surface area contributed by atoms with Crippen LogP contribution in [-0.2, 0) is 19.1 Å². The van der Waals surface area contributed by atoms with Crippen LogP contribution in [0.4, 0.5) is 16.3 Å². The van der Waals surface area contributed by atoms with E-state index in [1.165, 1.54) is 6.33 Å². The maximum Gasteiger partial charge on any atom is 0.419 e.